The van der Waals surface area contributed by atoms with E-state index in [0.717, 1.165) is 36.4 Å². The van der Waals surface area contributed by atoms with Crippen molar-refractivity contribution in [3.05, 3.63) is 47.3 Å². The zero-order chi connectivity index (χ0) is 22.5. The third kappa shape index (κ3) is 4.45. The number of hydrogen-bond donors (Lipinski definition) is 2. The van der Waals surface area contributed by atoms with Gasteiger partial charge in [0.15, 0.2) is 6.29 Å². The van der Waals surface area contributed by atoms with Crippen LogP contribution in [0.2, 0.25) is 0 Å². The maximum Gasteiger partial charge on any atom is 0.335 e. The maximum absolute atomic E-state index is 11.2. The SMILES string of the molecule is C/C=C/CC1COc2cc(C(=O)O)cc3nc(NC)n1c23.CCn1nc(C)cc1C=O. The molecule has 4 rings (SSSR count). The molecule has 1 atom stereocenters. The standard InChI is InChI=1S/C15H17N3O3.C7H10N2O/c1-3-4-5-10-8-21-12-7-9(14(19)20)6-11-13(12)18(10)15(16-2)17-11;1-3-9-7(5-10)4-6(2)8-9/h3-4,6-7,10H,5,8H2,1-2H3,(H,16,17)(H,19,20);4-5H,3H2,1-2H3/b4-3+;. The van der Waals surface area contributed by atoms with Crippen LogP contribution in [0.15, 0.2) is 30.4 Å². The predicted octanol–water partition coefficient (Wildman–Crippen LogP) is 3.70. The van der Waals surface area contributed by atoms with E-state index in [1.807, 2.05) is 33.9 Å². The summed E-state index contributed by atoms with van der Waals surface area (Å²) in [5.41, 5.74) is 3.23. The highest BCUT2D eigenvalue weighted by atomic mass is 16.5. The van der Waals surface area contributed by atoms with Crippen molar-refractivity contribution in [1.82, 2.24) is 19.3 Å². The zero-order valence-electron chi connectivity index (χ0n) is 18.1. The summed E-state index contributed by atoms with van der Waals surface area (Å²) in [4.78, 5) is 26.0. The number of nitrogens with zero attached hydrogens (tertiary/aromatic N) is 4. The number of imidazole rings is 1. The minimum atomic E-state index is -0.978. The number of rotatable bonds is 6. The first-order valence-electron chi connectivity index (χ1n) is 10.1. The molecule has 1 unspecified atom stereocenters. The summed E-state index contributed by atoms with van der Waals surface area (Å²) in [6.07, 6.45) is 5.77. The molecule has 0 saturated carbocycles. The number of carbonyl (C=O) groups excluding carboxylic acids is 1. The molecule has 3 heterocycles. The van der Waals surface area contributed by atoms with Crippen LogP contribution in [-0.2, 0) is 6.54 Å². The average molecular weight is 425 g/mol. The van der Waals surface area contributed by atoms with Gasteiger partial charge >= 0.3 is 5.97 Å². The lowest BCUT2D eigenvalue weighted by Crippen LogP contribution is -2.23. The van der Waals surface area contributed by atoms with Crippen molar-refractivity contribution in [2.75, 3.05) is 19.0 Å². The molecule has 31 heavy (non-hydrogen) atoms. The quantitative estimate of drug-likeness (QED) is 0.457. The average Bonchev–Trinajstić information content (AvgIpc) is 3.34. The number of nitrogens with one attached hydrogen (secondary N) is 1. The molecule has 2 aromatic heterocycles. The highest BCUT2D eigenvalue weighted by Crippen LogP contribution is 2.38. The second-order valence-electron chi connectivity index (χ2n) is 7.12. The molecule has 0 aliphatic carbocycles. The normalized spacial score (nSPS) is 14.8. The summed E-state index contributed by atoms with van der Waals surface area (Å²) in [6, 6.07) is 5.07. The Labute approximate surface area is 180 Å². The lowest BCUT2D eigenvalue weighted by molar-refractivity contribution is 0.0696. The van der Waals surface area contributed by atoms with Gasteiger partial charge in [-0.3, -0.25) is 9.48 Å². The van der Waals surface area contributed by atoms with Gasteiger partial charge < -0.3 is 19.7 Å². The summed E-state index contributed by atoms with van der Waals surface area (Å²) < 4.78 is 9.55. The van der Waals surface area contributed by atoms with Crippen LogP contribution in [0, 0.1) is 6.92 Å². The largest absolute Gasteiger partial charge is 0.489 e. The molecule has 1 aliphatic heterocycles. The number of ether oxygens (including phenoxy) is 1. The number of carboxylic acids is 1. The van der Waals surface area contributed by atoms with Crippen molar-refractivity contribution in [2.45, 2.75) is 39.8 Å². The molecule has 9 heteroatoms. The van der Waals surface area contributed by atoms with Crippen LogP contribution in [0.25, 0.3) is 11.0 Å². The predicted molar refractivity (Wildman–Crippen MR) is 118 cm³/mol. The minimum Gasteiger partial charge on any atom is -0.489 e. The van der Waals surface area contributed by atoms with E-state index in [1.54, 1.807) is 22.9 Å². The number of allylic oxidation sites excluding steroid dienone is 2. The van der Waals surface area contributed by atoms with Crippen LogP contribution in [0.4, 0.5) is 5.95 Å². The fourth-order valence-electron chi connectivity index (χ4n) is 3.60. The second-order valence-corrected chi connectivity index (χ2v) is 7.12. The summed E-state index contributed by atoms with van der Waals surface area (Å²) >= 11 is 0. The molecule has 0 saturated heterocycles. The Balaban J connectivity index is 0.000000229. The van der Waals surface area contributed by atoms with Crippen molar-refractivity contribution in [2.24, 2.45) is 0 Å². The molecule has 0 fully saturated rings. The van der Waals surface area contributed by atoms with E-state index in [1.165, 1.54) is 0 Å². The minimum absolute atomic E-state index is 0.150. The van der Waals surface area contributed by atoms with E-state index in [9.17, 15) is 9.59 Å². The molecule has 0 amide bonds. The Kier molecular flexibility index (Phi) is 6.74. The van der Waals surface area contributed by atoms with Gasteiger partial charge in [0.2, 0.25) is 5.95 Å². The van der Waals surface area contributed by atoms with Crippen molar-refractivity contribution in [3.8, 4) is 5.75 Å². The van der Waals surface area contributed by atoms with E-state index in [4.69, 9.17) is 9.84 Å². The first-order chi connectivity index (χ1) is 14.9. The number of aromatic carboxylic acids is 1. The van der Waals surface area contributed by atoms with Crippen LogP contribution in [-0.4, -0.2) is 50.3 Å². The molecule has 2 N–H and O–H groups in total. The zero-order valence-corrected chi connectivity index (χ0v) is 18.1. The monoisotopic (exact) mass is 425 g/mol. The van der Waals surface area contributed by atoms with Gasteiger partial charge in [-0.1, -0.05) is 12.2 Å². The smallest absolute Gasteiger partial charge is 0.335 e. The number of benzene rings is 1. The number of aryl methyl sites for hydroxylation is 2. The van der Waals surface area contributed by atoms with E-state index < -0.39 is 5.97 Å². The molecule has 9 nitrogen and oxygen atoms in total. The van der Waals surface area contributed by atoms with Crippen molar-refractivity contribution >= 4 is 29.2 Å². The second kappa shape index (κ2) is 9.46. The first-order valence-corrected chi connectivity index (χ1v) is 10.1. The summed E-state index contributed by atoms with van der Waals surface area (Å²) in [5, 5.41) is 16.3. The van der Waals surface area contributed by atoms with Gasteiger partial charge in [-0.25, -0.2) is 9.78 Å². The van der Waals surface area contributed by atoms with Gasteiger partial charge in [0.05, 0.1) is 22.8 Å². The lowest BCUT2D eigenvalue weighted by Gasteiger charge is -2.26. The van der Waals surface area contributed by atoms with Crippen LogP contribution >= 0.6 is 0 Å². The molecular formula is C22H27N5O4. The van der Waals surface area contributed by atoms with Gasteiger partial charge in [0.1, 0.15) is 23.6 Å². The maximum atomic E-state index is 11.2. The van der Waals surface area contributed by atoms with Crippen molar-refractivity contribution in [3.63, 3.8) is 0 Å². The van der Waals surface area contributed by atoms with Crippen LogP contribution < -0.4 is 10.1 Å². The van der Waals surface area contributed by atoms with E-state index in [2.05, 4.69) is 26.0 Å². The number of anilines is 1. The number of aromatic nitrogens is 4. The molecule has 1 aliphatic rings. The topological polar surface area (TPSA) is 111 Å². The van der Waals surface area contributed by atoms with Gasteiger partial charge in [0, 0.05) is 13.6 Å². The molecule has 0 bridgehead atoms. The number of aldehydes is 1. The van der Waals surface area contributed by atoms with Crippen molar-refractivity contribution < 1.29 is 19.4 Å². The lowest BCUT2D eigenvalue weighted by atomic mass is 10.1. The van der Waals surface area contributed by atoms with Crippen molar-refractivity contribution in [1.29, 1.82) is 0 Å². The summed E-state index contributed by atoms with van der Waals surface area (Å²) in [5.74, 6) is 0.329. The highest BCUT2D eigenvalue weighted by Gasteiger charge is 2.27. The summed E-state index contributed by atoms with van der Waals surface area (Å²) in [6.45, 7) is 7.07. The van der Waals surface area contributed by atoms with Gasteiger partial charge in [0.25, 0.3) is 0 Å². The molecule has 0 spiro atoms. The Bertz CT molecular complexity index is 1130. The van der Waals surface area contributed by atoms with Crippen LogP contribution in [0.5, 0.6) is 5.75 Å². The number of hydrogen-bond acceptors (Lipinski definition) is 6. The van der Waals surface area contributed by atoms with E-state index in [0.29, 0.717) is 23.6 Å². The van der Waals surface area contributed by atoms with Gasteiger partial charge in [-0.05, 0) is 45.4 Å². The van der Waals surface area contributed by atoms with E-state index >= 15 is 0 Å². The Hall–Kier alpha value is -3.62. The third-order valence-electron chi connectivity index (χ3n) is 5.01. The Morgan fingerprint density at radius 3 is 2.74 bits per heavy atom. The Morgan fingerprint density at radius 2 is 2.16 bits per heavy atom. The van der Waals surface area contributed by atoms with Crippen LogP contribution in [0.3, 0.4) is 0 Å². The molecule has 164 valence electrons. The first kappa shape index (κ1) is 22.1. The third-order valence-corrected chi connectivity index (χ3v) is 5.01. The van der Waals surface area contributed by atoms with Gasteiger partial charge in [-0.2, -0.15) is 5.10 Å². The number of carboxylic acid groups (broad SMARTS) is 1. The molecule has 0 radical (unpaired) electrons. The van der Waals surface area contributed by atoms with Gasteiger partial charge in [-0.15, -0.1) is 0 Å². The number of carbonyl (C=O) groups is 2. The fourth-order valence-corrected chi connectivity index (χ4v) is 3.60. The highest BCUT2D eigenvalue weighted by molar-refractivity contribution is 5.96. The van der Waals surface area contributed by atoms with E-state index in [-0.39, 0.29) is 11.6 Å². The summed E-state index contributed by atoms with van der Waals surface area (Å²) in [7, 11) is 1.81. The molecular weight excluding hydrogens is 398 g/mol. The molecule has 1 aromatic carbocycles. The fraction of sp³-hybridized carbons (Fsp3) is 0.364. The molecule has 3 aromatic rings. The Morgan fingerprint density at radius 1 is 1.39 bits per heavy atom. The van der Waals surface area contributed by atoms with Crippen LogP contribution in [0.1, 0.15) is 52.9 Å².